The second-order valence-corrected chi connectivity index (χ2v) is 6.00. The van der Waals surface area contributed by atoms with Crippen molar-refractivity contribution in [3.05, 3.63) is 0 Å². The summed E-state index contributed by atoms with van der Waals surface area (Å²) in [6, 6.07) is 0. The van der Waals surface area contributed by atoms with Gasteiger partial charge in [-0.25, -0.2) is 0 Å². The zero-order chi connectivity index (χ0) is 9.00. The van der Waals surface area contributed by atoms with E-state index < -0.39 is 40.1 Å². The molecule has 0 spiro atoms. The van der Waals surface area contributed by atoms with Gasteiger partial charge in [-0.15, -0.1) is 0 Å². The molecular weight excluding hydrogens is 831 g/mol. The molecule has 0 aliphatic carbocycles. The zero-order valence-electron chi connectivity index (χ0n) is 7.78. The molecule has 0 amide bonds. The number of hydrogen-bond acceptors (Lipinski definition) is 8. The Labute approximate surface area is 222 Å². The molecule has 0 aromatic heterocycles. The summed E-state index contributed by atoms with van der Waals surface area (Å²) in [7, 11) is 0. The summed E-state index contributed by atoms with van der Waals surface area (Å²) in [5.41, 5.74) is 0. The van der Waals surface area contributed by atoms with Crippen molar-refractivity contribution in [2.75, 3.05) is 0 Å². The maximum absolute atomic E-state index is 8.64. The summed E-state index contributed by atoms with van der Waals surface area (Å²) in [5, 5.41) is 0. The number of hydrogen-bond donors (Lipinski definition) is 0. The Balaban J connectivity index is -0.00000000970. The molecular formula is H6Ba3O11Sb2. The Morgan fingerprint density at radius 3 is 0.500 bits per heavy atom. The SMILES string of the molecule is O.O.O.[Ba+2].[Ba+2].[Ba+2].[O]=[Sb]([O-])([O-])[O-].[O]=[Sb]([O-])([O-])[O-]. The number of rotatable bonds is 0. The first kappa shape index (κ1) is 49.6. The normalized spacial score (nSPS) is 7.38. The van der Waals surface area contributed by atoms with E-state index in [0.29, 0.717) is 0 Å². The molecule has 0 heterocycles. The first-order valence-corrected chi connectivity index (χ1v) is 9.80. The molecule has 16 heteroatoms. The predicted molar refractivity (Wildman–Crippen MR) is 41.0 cm³/mol. The van der Waals surface area contributed by atoms with Crippen LogP contribution in [0.1, 0.15) is 0 Å². The van der Waals surface area contributed by atoms with Gasteiger partial charge in [0, 0.05) is 0 Å². The summed E-state index contributed by atoms with van der Waals surface area (Å²) in [6.45, 7) is 0. The van der Waals surface area contributed by atoms with Gasteiger partial charge in [0.25, 0.3) is 0 Å². The Hall–Kier alpha value is 5.59. The van der Waals surface area contributed by atoms with Gasteiger partial charge in [-0.05, 0) is 0 Å². The van der Waals surface area contributed by atoms with Gasteiger partial charge >= 0.3 is 213 Å². The van der Waals surface area contributed by atoms with Crippen molar-refractivity contribution in [2.45, 2.75) is 0 Å². The minimum absolute atomic E-state index is 0. The van der Waals surface area contributed by atoms with E-state index in [4.69, 9.17) is 26.3 Å². The van der Waals surface area contributed by atoms with Gasteiger partial charge in [-0.2, -0.15) is 0 Å². The molecule has 0 bridgehead atoms. The van der Waals surface area contributed by atoms with Crippen LogP contribution >= 0.6 is 0 Å². The fraction of sp³-hybridized carbons (Fsp3) is 0. The van der Waals surface area contributed by atoms with Gasteiger partial charge in [0.15, 0.2) is 0 Å². The Kier molecular flexibility index (Phi) is 79.1. The molecule has 0 saturated heterocycles. The molecule has 0 saturated carbocycles. The van der Waals surface area contributed by atoms with Gasteiger partial charge in [0.05, 0.1) is 0 Å². The van der Waals surface area contributed by atoms with Crippen LogP contribution in [-0.4, -0.2) is 203 Å². The molecule has 0 unspecified atom stereocenters. The average molecular weight is 838 g/mol. The third-order valence-electron chi connectivity index (χ3n) is 0. The van der Waals surface area contributed by atoms with E-state index in [1.807, 2.05) is 0 Å². The third-order valence-corrected chi connectivity index (χ3v) is 0. The Bertz CT molecular complexity index is 132. The summed E-state index contributed by atoms with van der Waals surface area (Å²) in [5.74, 6) is 0. The van der Waals surface area contributed by atoms with Crippen LogP contribution in [0.3, 0.4) is 0 Å². The molecule has 0 aliphatic rings. The molecule has 11 nitrogen and oxygen atoms in total. The zero-order valence-corrected chi connectivity index (χ0v) is 26.2. The van der Waals surface area contributed by atoms with Gasteiger partial charge in [0.1, 0.15) is 0 Å². The third kappa shape index (κ3) is 217. The average Bonchev–Trinajstić information content (AvgIpc) is 1.12. The van der Waals surface area contributed by atoms with Crippen LogP contribution in [0.15, 0.2) is 0 Å². The van der Waals surface area contributed by atoms with Gasteiger partial charge in [0.2, 0.25) is 0 Å². The fourth-order valence-corrected chi connectivity index (χ4v) is 0. The van der Waals surface area contributed by atoms with Crippen molar-refractivity contribution in [1.82, 2.24) is 0 Å². The summed E-state index contributed by atoms with van der Waals surface area (Å²) >= 11 is -12.2. The molecule has 6 N–H and O–H groups in total. The van der Waals surface area contributed by atoms with Gasteiger partial charge in [-0.1, -0.05) is 0 Å². The van der Waals surface area contributed by atoms with Crippen LogP contribution in [0.4, 0.5) is 0 Å². The van der Waals surface area contributed by atoms with Crippen LogP contribution in [-0.2, 0) is 6.03 Å². The van der Waals surface area contributed by atoms with E-state index in [1.165, 1.54) is 0 Å². The molecule has 0 radical (unpaired) electrons. The molecule has 0 aliphatic heterocycles. The van der Waals surface area contributed by atoms with Crippen molar-refractivity contribution in [1.29, 1.82) is 0 Å². The second kappa shape index (κ2) is 25.5. The molecule has 0 atom stereocenters. The van der Waals surface area contributed by atoms with Crippen molar-refractivity contribution < 1.29 is 42.8 Å². The second-order valence-electron chi connectivity index (χ2n) is 0.894. The van der Waals surface area contributed by atoms with Crippen LogP contribution in [0, 0.1) is 0 Å². The van der Waals surface area contributed by atoms with Gasteiger partial charge in [-0.3, -0.25) is 0 Å². The summed E-state index contributed by atoms with van der Waals surface area (Å²) in [4.78, 5) is 0. The molecule has 88 valence electrons. The van der Waals surface area contributed by atoms with E-state index in [0.717, 1.165) is 0 Å². The molecule has 0 aromatic carbocycles. The fourth-order valence-electron chi connectivity index (χ4n) is 0. The van der Waals surface area contributed by atoms with E-state index in [9.17, 15) is 0 Å². The van der Waals surface area contributed by atoms with Crippen LogP contribution < -0.4 is 20.3 Å². The van der Waals surface area contributed by atoms with E-state index in [2.05, 4.69) is 0 Å². The van der Waals surface area contributed by atoms with E-state index in [-0.39, 0.29) is 163 Å². The first-order valence-electron chi connectivity index (χ1n) is 1.46. The van der Waals surface area contributed by atoms with Crippen molar-refractivity contribution in [3.8, 4) is 0 Å². The molecule has 0 rings (SSSR count). The standard InChI is InChI=1S/3Ba.3H2O.8O.2Sb/h;;;3*1H2;;;;;;;;;;/q3*+2;;;;;;6*-1;;. The summed E-state index contributed by atoms with van der Waals surface area (Å²) in [6.07, 6.45) is 0. The maximum atomic E-state index is 8.64. The van der Waals surface area contributed by atoms with E-state index >= 15 is 0 Å². The van der Waals surface area contributed by atoms with Crippen LogP contribution in [0.2, 0.25) is 0 Å². The van der Waals surface area contributed by atoms with Crippen molar-refractivity contribution in [2.24, 2.45) is 0 Å². The van der Waals surface area contributed by atoms with Crippen LogP contribution in [0.25, 0.3) is 0 Å². The Morgan fingerprint density at radius 1 is 0.500 bits per heavy atom. The first-order chi connectivity index (χ1) is 4.00. The van der Waals surface area contributed by atoms with Crippen molar-refractivity contribution >= 4 is 187 Å². The Morgan fingerprint density at radius 2 is 0.500 bits per heavy atom. The molecule has 0 fully saturated rings. The molecule has 16 heavy (non-hydrogen) atoms. The minimum atomic E-state index is -6.10. The van der Waals surface area contributed by atoms with E-state index in [1.54, 1.807) is 0 Å². The van der Waals surface area contributed by atoms with Crippen molar-refractivity contribution in [3.63, 3.8) is 0 Å². The summed E-state index contributed by atoms with van der Waals surface area (Å²) < 4.78 is 69.1. The van der Waals surface area contributed by atoms with Gasteiger partial charge < -0.3 is 16.4 Å². The monoisotopic (exact) mass is 838 g/mol. The topological polar surface area (TPSA) is 267 Å². The predicted octanol–water partition coefficient (Wildman–Crippen LogP) is -11.7. The van der Waals surface area contributed by atoms with Crippen LogP contribution in [0.5, 0.6) is 0 Å². The quantitative estimate of drug-likeness (QED) is 0.211. The molecule has 0 aromatic rings.